The van der Waals surface area contributed by atoms with Gasteiger partial charge in [-0.05, 0) is 118 Å². The first-order valence-electron chi connectivity index (χ1n) is 19.0. The lowest BCUT2D eigenvalue weighted by Crippen LogP contribution is -2.40. The van der Waals surface area contributed by atoms with Gasteiger partial charge in [0, 0.05) is 0 Å². The molecule has 0 radical (unpaired) electrons. The van der Waals surface area contributed by atoms with Crippen LogP contribution < -0.4 is 0 Å². The Bertz CT molecular complexity index is 836. The lowest BCUT2D eigenvalue weighted by Gasteiger charge is -2.48. The summed E-state index contributed by atoms with van der Waals surface area (Å²) in [6.45, 7) is 50.5. The van der Waals surface area contributed by atoms with Gasteiger partial charge in [0.2, 0.25) is 0 Å². The summed E-state index contributed by atoms with van der Waals surface area (Å²) in [5.74, 6) is 7.82. The van der Waals surface area contributed by atoms with Gasteiger partial charge in [0.1, 0.15) is 0 Å². The zero-order valence-corrected chi connectivity index (χ0v) is 34.6. The molecule has 2 fully saturated rings. The van der Waals surface area contributed by atoms with Crippen LogP contribution in [0.25, 0.3) is 0 Å². The largest absolute Gasteiger partial charge is 0.0854 e. The van der Waals surface area contributed by atoms with E-state index < -0.39 is 0 Å². The van der Waals surface area contributed by atoms with Gasteiger partial charge in [-0.15, -0.1) is 0 Å². The maximum Gasteiger partial charge on any atom is -0.0151 e. The summed E-state index contributed by atoms with van der Waals surface area (Å²) in [5, 5.41) is 0. The van der Waals surface area contributed by atoms with Crippen molar-refractivity contribution in [3.8, 4) is 0 Å². The highest BCUT2D eigenvalue weighted by Gasteiger charge is 2.44. The zero-order valence-electron chi connectivity index (χ0n) is 34.6. The number of allylic oxidation sites excluding steroid dienone is 2. The third kappa shape index (κ3) is 12.7. The molecule has 0 heteroatoms. The normalized spacial score (nSPS) is 34.1. The van der Waals surface area contributed by atoms with E-state index in [1.807, 2.05) is 0 Å². The van der Waals surface area contributed by atoms with Gasteiger partial charge in [-0.3, -0.25) is 0 Å². The number of rotatable bonds is 0. The zero-order chi connectivity index (χ0) is 34.9. The predicted molar refractivity (Wildman–Crippen MR) is 202 cm³/mol. The highest BCUT2D eigenvalue weighted by atomic mass is 14.5. The van der Waals surface area contributed by atoms with Crippen molar-refractivity contribution in [3.05, 3.63) is 12.2 Å². The van der Waals surface area contributed by atoms with Crippen LogP contribution in [0.3, 0.4) is 0 Å². The van der Waals surface area contributed by atoms with E-state index in [1.165, 1.54) is 38.5 Å². The van der Waals surface area contributed by atoms with E-state index in [1.54, 1.807) is 0 Å². The van der Waals surface area contributed by atoms with Gasteiger partial charge >= 0.3 is 0 Å². The van der Waals surface area contributed by atoms with Gasteiger partial charge < -0.3 is 0 Å². The van der Waals surface area contributed by atoms with Crippen LogP contribution in [-0.4, -0.2) is 0 Å². The predicted octanol–water partition coefficient (Wildman–Crippen LogP) is 14.8. The molecular weight excluding hydrogens is 528 g/mol. The molecule has 0 nitrogen and oxygen atoms in total. The standard InChI is InChI=1S/C15H30.C15H28.C14H28/c2*1-11-8-9-12(14(2,3)4)13(10-11)15(5,6)7;1-10-8-11(13(2,3)4)12(9-10)14(5,6)7/h11-13H,8-10H2,1-7H3;8-9,11-13H,10H2,1-7H3;10-12H,8-9H2,1-7H3/t2*11-,12?,13?;/m11./s1. The van der Waals surface area contributed by atoms with Crippen molar-refractivity contribution in [1.29, 1.82) is 0 Å². The molecule has 3 aliphatic rings. The Kier molecular flexibility index (Phi) is 14.1. The molecule has 3 aliphatic carbocycles. The Morgan fingerprint density at radius 2 is 0.682 bits per heavy atom. The maximum absolute atomic E-state index is 2.48. The van der Waals surface area contributed by atoms with E-state index in [-0.39, 0.29) is 0 Å². The fourth-order valence-electron chi connectivity index (χ4n) is 9.43. The van der Waals surface area contributed by atoms with Gasteiger partial charge in [-0.1, -0.05) is 164 Å². The summed E-state index contributed by atoms with van der Waals surface area (Å²) >= 11 is 0. The topological polar surface area (TPSA) is 0 Å². The monoisotopic (exact) mass is 615 g/mol. The minimum atomic E-state index is 0.397. The molecule has 262 valence electrons. The summed E-state index contributed by atoms with van der Waals surface area (Å²) in [4.78, 5) is 0. The molecule has 0 spiro atoms. The smallest absolute Gasteiger partial charge is 0.0151 e. The fraction of sp³-hybridized carbons (Fsp3) is 0.955. The Morgan fingerprint density at radius 3 is 1.02 bits per heavy atom. The minimum absolute atomic E-state index is 0.397. The fourth-order valence-corrected chi connectivity index (χ4v) is 9.43. The van der Waals surface area contributed by atoms with Crippen molar-refractivity contribution < 1.29 is 0 Å². The van der Waals surface area contributed by atoms with Crippen LogP contribution in [0.5, 0.6) is 0 Å². The molecule has 6 unspecified atom stereocenters. The molecule has 8 atom stereocenters. The van der Waals surface area contributed by atoms with Crippen LogP contribution in [0.2, 0.25) is 0 Å². The van der Waals surface area contributed by atoms with Gasteiger partial charge in [0.15, 0.2) is 0 Å². The molecule has 44 heavy (non-hydrogen) atoms. The third-order valence-electron chi connectivity index (χ3n) is 12.2. The molecule has 0 aromatic heterocycles. The molecule has 0 bridgehead atoms. The molecule has 0 aromatic rings. The van der Waals surface area contributed by atoms with Gasteiger partial charge in [-0.2, -0.15) is 0 Å². The molecule has 0 heterocycles. The van der Waals surface area contributed by atoms with Crippen LogP contribution in [0.4, 0.5) is 0 Å². The number of hydrogen-bond donors (Lipinski definition) is 0. The summed E-state index contributed by atoms with van der Waals surface area (Å²) in [5.41, 5.74) is 2.77. The van der Waals surface area contributed by atoms with Gasteiger partial charge in [0.05, 0.1) is 0 Å². The van der Waals surface area contributed by atoms with Crippen molar-refractivity contribution in [3.63, 3.8) is 0 Å². The second-order valence-corrected chi connectivity index (χ2v) is 22.8. The summed E-state index contributed by atoms with van der Waals surface area (Å²) in [7, 11) is 0. The summed E-state index contributed by atoms with van der Waals surface area (Å²) < 4.78 is 0. The van der Waals surface area contributed by atoms with E-state index in [9.17, 15) is 0 Å². The van der Waals surface area contributed by atoms with Crippen molar-refractivity contribution in [1.82, 2.24) is 0 Å². The van der Waals surface area contributed by atoms with E-state index in [2.05, 4.69) is 158 Å². The van der Waals surface area contributed by atoms with Gasteiger partial charge in [-0.25, -0.2) is 0 Å². The highest BCUT2D eigenvalue weighted by molar-refractivity contribution is 5.06. The number of hydrogen-bond acceptors (Lipinski definition) is 0. The van der Waals surface area contributed by atoms with E-state index in [0.717, 1.165) is 53.3 Å². The van der Waals surface area contributed by atoms with Crippen LogP contribution in [0.15, 0.2) is 12.2 Å². The first-order chi connectivity index (χ1) is 19.4. The lowest BCUT2D eigenvalue weighted by molar-refractivity contribution is 0.0151. The quantitative estimate of drug-likeness (QED) is 0.238. The van der Waals surface area contributed by atoms with Crippen molar-refractivity contribution >= 4 is 0 Å². The Morgan fingerprint density at radius 1 is 0.341 bits per heavy atom. The molecule has 2 saturated carbocycles. The SMILES string of the molecule is CC1CC(C(C)(C)C)C(C(C)(C)C)C1.C[C@@H]1C=CC(C(C)(C)C)C(C(C)(C)C)C1.C[C@@H]1CCC(C(C)(C)C)C(C(C)(C)C)C1. The highest BCUT2D eigenvalue weighted by Crippen LogP contribution is 2.53. The Hall–Kier alpha value is -0.260. The second kappa shape index (κ2) is 14.9. The average Bonchev–Trinajstić information content (AvgIpc) is 3.20. The molecular formula is C44H86. The van der Waals surface area contributed by atoms with Gasteiger partial charge in [0.25, 0.3) is 0 Å². The van der Waals surface area contributed by atoms with E-state index in [4.69, 9.17) is 0 Å². The molecule has 0 aliphatic heterocycles. The maximum atomic E-state index is 2.48. The summed E-state index contributed by atoms with van der Waals surface area (Å²) in [6.07, 6.45) is 13.4. The Balaban J connectivity index is 0.000000330. The second-order valence-electron chi connectivity index (χ2n) is 22.8. The van der Waals surface area contributed by atoms with Crippen molar-refractivity contribution in [2.45, 2.75) is 184 Å². The van der Waals surface area contributed by atoms with Crippen LogP contribution in [0.1, 0.15) is 184 Å². The molecule has 0 saturated heterocycles. The molecule has 0 N–H and O–H groups in total. The van der Waals surface area contributed by atoms with Crippen LogP contribution >= 0.6 is 0 Å². The molecule has 0 aromatic carbocycles. The molecule has 0 amide bonds. The van der Waals surface area contributed by atoms with Crippen LogP contribution in [-0.2, 0) is 0 Å². The average molecular weight is 615 g/mol. The first-order valence-corrected chi connectivity index (χ1v) is 19.0. The third-order valence-corrected chi connectivity index (χ3v) is 12.2. The molecule has 3 rings (SSSR count). The van der Waals surface area contributed by atoms with E-state index >= 15 is 0 Å². The van der Waals surface area contributed by atoms with E-state index in [0.29, 0.717) is 32.5 Å². The minimum Gasteiger partial charge on any atom is -0.0854 e. The first kappa shape index (κ1) is 41.8. The summed E-state index contributed by atoms with van der Waals surface area (Å²) in [6, 6.07) is 0. The van der Waals surface area contributed by atoms with Crippen LogP contribution in [0, 0.1) is 85.8 Å². The van der Waals surface area contributed by atoms with Crippen molar-refractivity contribution in [2.24, 2.45) is 85.8 Å². The lowest BCUT2D eigenvalue weighted by atomic mass is 9.57. The van der Waals surface area contributed by atoms with Crippen molar-refractivity contribution in [2.75, 3.05) is 0 Å². The Labute approximate surface area is 281 Å².